The quantitative estimate of drug-likeness (QED) is 0.333. The summed E-state index contributed by atoms with van der Waals surface area (Å²) in [5, 5.41) is 22.9. The maximum absolute atomic E-state index is 13.1. The zero-order valence-electron chi connectivity index (χ0n) is 17.7. The molecule has 12 nitrogen and oxygen atoms in total. The standard InChI is InChI=1S/C21H24N6O6/c1-11(29)26-13(7-12-5-3-2-4-6-12)21(31)33-17-16(30)14(8-28)32-20(17)27-10-25-15-18(22)23-9-24-19(15)27/h2-6,9-10,13-14,16-17,20,28,30H,7-8H2,1H3,(H,26,29)(H2,22,23,24). The molecule has 1 amide bonds. The van der Waals surface area contributed by atoms with Gasteiger partial charge in [0.1, 0.15) is 30.1 Å². The monoisotopic (exact) mass is 456 g/mol. The van der Waals surface area contributed by atoms with Crippen LogP contribution in [-0.4, -0.2) is 72.6 Å². The van der Waals surface area contributed by atoms with Crippen LogP contribution in [0, 0.1) is 0 Å². The summed E-state index contributed by atoms with van der Waals surface area (Å²) < 4.78 is 12.9. The Bertz CT molecular complexity index is 1140. The third-order valence-electron chi connectivity index (χ3n) is 5.35. The smallest absolute Gasteiger partial charge is 0.329 e. The molecular formula is C21H24N6O6. The number of nitrogens with one attached hydrogen (secondary N) is 1. The Morgan fingerprint density at radius 1 is 1.27 bits per heavy atom. The summed E-state index contributed by atoms with van der Waals surface area (Å²) in [6.45, 7) is 0.791. The molecule has 0 spiro atoms. The van der Waals surface area contributed by atoms with Crippen molar-refractivity contribution in [1.29, 1.82) is 0 Å². The molecular weight excluding hydrogens is 432 g/mol. The van der Waals surface area contributed by atoms with Crippen molar-refractivity contribution in [2.75, 3.05) is 12.3 Å². The summed E-state index contributed by atoms with van der Waals surface area (Å²) >= 11 is 0. The second-order valence-corrected chi connectivity index (χ2v) is 7.67. The van der Waals surface area contributed by atoms with Gasteiger partial charge >= 0.3 is 5.97 Å². The highest BCUT2D eigenvalue weighted by molar-refractivity contribution is 5.84. The van der Waals surface area contributed by atoms with E-state index in [4.69, 9.17) is 15.2 Å². The van der Waals surface area contributed by atoms with Gasteiger partial charge < -0.3 is 30.7 Å². The number of nitrogens with two attached hydrogens (primary N) is 1. The number of hydrogen-bond donors (Lipinski definition) is 4. The zero-order chi connectivity index (χ0) is 23.5. The molecule has 1 aromatic carbocycles. The molecule has 0 radical (unpaired) electrons. The number of hydrogen-bond acceptors (Lipinski definition) is 10. The Labute approximate surface area is 188 Å². The van der Waals surface area contributed by atoms with E-state index in [1.807, 2.05) is 30.3 Å². The molecule has 3 aromatic rings. The summed E-state index contributed by atoms with van der Waals surface area (Å²) in [5.74, 6) is -1.02. The van der Waals surface area contributed by atoms with Crippen molar-refractivity contribution in [2.24, 2.45) is 0 Å². The molecule has 1 aliphatic heterocycles. The highest BCUT2D eigenvalue weighted by atomic mass is 16.6. The molecule has 0 aliphatic carbocycles. The van der Waals surface area contributed by atoms with Gasteiger partial charge in [-0.15, -0.1) is 0 Å². The lowest BCUT2D eigenvalue weighted by atomic mass is 10.1. The molecule has 3 heterocycles. The van der Waals surface area contributed by atoms with Crippen molar-refractivity contribution in [3.63, 3.8) is 0 Å². The van der Waals surface area contributed by atoms with Crippen molar-refractivity contribution in [1.82, 2.24) is 24.8 Å². The largest absolute Gasteiger partial charge is 0.453 e. The van der Waals surface area contributed by atoms with Crippen molar-refractivity contribution in [3.8, 4) is 0 Å². The third-order valence-corrected chi connectivity index (χ3v) is 5.35. The van der Waals surface area contributed by atoms with E-state index in [2.05, 4.69) is 20.3 Å². The number of ether oxygens (including phenoxy) is 2. The number of aromatic nitrogens is 4. The number of imidazole rings is 1. The second kappa shape index (κ2) is 9.48. The van der Waals surface area contributed by atoms with Gasteiger partial charge in [-0.1, -0.05) is 30.3 Å². The molecule has 174 valence electrons. The summed E-state index contributed by atoms with van der Waals surface area (Å²) in [4.78, 5) is 37.0. The molecule has 5 unspecified atom stereocenters. The normalized spacial score (nSPS) is 23.4. The highest BCUT2D eigenvalue weighted by Gasteiger charge is 2.48. The minimum Gasteiger partial charge on any atom is -0.453 e. The van der Waals surface area contributed by atoms with Gasteiger partial charge in [-0.2, -0.15) is 0 Å². The van der Waals surface area contributed by atoms with Gasteiger partial charge in [0.15, 0.2) is 23.8 Å². The molecule has 0 saturated carbocycles. The average Bonchev–Trinajstić information content (AvgIpc) is 3.36. The lowest BCUT2D eigenvalue weighted by Gasteiger charge is -2.25. The number of benzene rings is 1. The first-order valence-corrected chi connectivity index (χ1v) is 10.3. The fourth-order valence-electron chi connectivity index (χ4n) is 3.78. The summed E-state index contributed by atoms with van der Waals surface area (Å²) in [5.41, 5.74) is 7.28. The summed E-state index contributed by atoms with van der Waals surface area (Å²) in [7, 11) is 0. The number of aliphatic hydroxyl groups excluding tert-OH is 2. The number of anilines is 1. The number of fused-ring (bicyclic) bond motifs is 1. The number of aliphatic hydroxyl groups is 2. The number of nitrogen functional groups attached to an aromatic ring is 1. The topological polar surface area (TPSA) is 175 Å². The zero-order valence-corrected chi connectivity index (χ0v) is 17.7. The predicted molar refractivity (Wildman–Crippen MR) is 114 cm³/mol. The lowest BCUT2D eigenvalue weighted by Crippen LogP contribution is -2.46. The molecule has 2 aromatic heterocycles. The first-order valence-electron chi connectivity index (χ1n) is 10.3. The molecule has 0 bridgehead atoms. The van der Waals surface area contributed by atoms with Crippen LogP contribution in [-0.2, 0) is 25.5 Å². The summed E-state index contributed by atoms with van der Waals surface area (Å²) in [6.07, 6.45) is -1.80. The van der Waals surface area contributed by atoms with Crippen molar-refractivity contribution >= 4 is 28.9 Å². The van der Waals surface area contributed by atoms with Crippen LogP contribution in [0.2, 0.25) is 0 Å². The number of amides is 1. The van der Waals surface area contributed by atoms with E-state index in [1.54, 1.807) is 0 Å². The summed E-state index contributed by atoms with van der Waals surface area (Å²) in [6, 6.07) is 8.12. The van der Waals surface area contributed by atoms with Gasteiger partial charge in [-0.3, -0.25) is 9.36 Å². The van der Waals surface area contributed by atoms with Gasteiger partial charge in [-0.05, 0) is 5.56 Å². The van der Waals surface area contributed by atoms with Gasteiger partial charge in [0.2, 0.25) is 5.91 Å². The Kier molecular flexibility index (Phi) is 6.49. The molecule has 4 rings (SSSR count). The van der Waals surface area contributed by atoms with E-state index < -0.39 is 49.1 Å². The van der Waals surface area contributed by atoms with E-state index in [0.717, 1.165) is 5.56 Å². The van der Waals surface area contributed by atoms with E-state index in [9.17, 15) is 19.8 Å². The van der Waals surface area contributed by atoms with Crippen LogP contribution >= 0.6 is 0 Å². The molecule has 33 heavy (non-hydrogen) atoms. The fourth-order valence-corrected chi connectivity index (χ4v) is 3.78. The Hall–Kier alpha value is -3.61. The lowest BCUT2D eigenvalue weighted by molar-refractivity contribution is -0.161. The number of carbonyl (C=O) groups excluding carboxylic acids is 2. The van der Waals surface area contributed by atoms with Gasteiger partial charge in [0, 0.05) is 13.3 Å². The maximum Gasteiger partial charge on any atom is 0.329 e. The van der Waals surface area contributed by atoms with Crippen LogP contribution in [0.15, 0.2) is 43.0 Å². The molecule has 12 heteroatoms. The minimum absolute atomic E-state index is 0.151. The third kappa shape index (κ3) is 4.62. The van der Waals surface area contributed by atoms with Crippen LogP contribution in [0.4, 0.5) is 5.82 Å². The van der Waals surface area contributed by atoms with Crippen LogP contribution in [0.5, 0.6) is 0 Å². The predicted octanol–water partition coefficient (Wildman–Crippen LogP) is -0.682. The van der Waals surface area contributed by atoms with Crippen molar-refractivity contribution < 1.29 is 29.3 Å². The molecule has 1 aliphatic rings. The Morgan fingerprint density at radius 2 is 2.03 bits per heavy atom. The molecule has 1 saturated heterocycles. The highest BCUT2D eigenvalue weighted by Crippen LogP contribution is 2.34. The molecule has 5 N–H and O–H groups in total. The van der Waals surface area contributed by atoms with E-state index in [0.29, 0.717) is 11.2 Å². The second-order valence-electron chi connectivity index (χ2n) is 7.67. The number of nitrogens with zero attached hydrogens (tertiary/aromatic N) is 4. The maximum atomic E-state index is 13.1. The van der Waals surface area contributed by atoms with Gasteiger partial charge in [0.05, 0.1) is 12.9 Å². The first kappa shape index (κ1) is 22.6. The Morgan fingerprint density at radius 3 is 2.73 bits per heavy atom. The van der Waals surface area contributed by atoms with Gasteiger partial charge in [-0.25, -0.2) is 19.7 Å². The van der Waals surface area contributed by atoms with Crippen molar-refractivity contribution in [2.45, 2.75) is 43.9 Å². The van der Waals surface area contributed by atoms with Crippen LogP contribution in [0.25, 0.3) is 11.2 Å². The number of rotatable bonds is 7. The van der Waals surface area contributed by atoms with E-state index >= 15 is 0 Å². The van der Waals surface area contributed by atoms with Crippen LogP contribution < -0.4 is 11.1 Å². The average molecular weight is 456 g/mol. The SMILES string of the molecule is CC(=O)NC(Cc1ccccc1)C(=O)OC1C(O)C(CO)OC1n1cnc2c(N)ncnc21. The molecule has 5 atom stereocenters. The number of esters is 1. The first-order chi connectivity index (χ1) is 15.9. The van der Waals surface area contributed by atoms with Gasteiger partial charge in [0.25, 0.3) is 0 Å². The Balaban J connectivity index is 1.61. The van der Waals surface area contributed by atoms with E-state index in [-0.39, 0.29) is 12.2 Å². The van der Waals surface area contributed by atoms with Crippen molar-refractivity contribution in [3.05, 3.63) is 48.5 Å². The molecule has 1 fully saturated rings. The minimum atomic E-state index is -1.34. The number of carbonyl (C=O) groups is 2. The fraction of sp³-hybridized carbons (Fsp3) is 0.381. The van der Waals surface area contributed by atoms with Crippen LogP contribution in [0.3, 0.4) is 0 Å². The van der Waals surface area contributed by atoms with E-state index in [1.165, 1.54) is 24.1 Å². The van der Waals surface area contributed by atoms with Crippen LogP contribution in [0.1, 0.15) is 18.7 Å².